The van der Waals surface area contributed by atoms with E-state index in [0.29, 0.717) is 0 Å². The molecule has 0 aliphatic carbocycles. The van der Waals surface area contributed by atoms with Crippen LogP contribution in [0.1, 0.15) is 12.8 Å². The molecule has 0 radical (unpaired) electrons. The number of carbonyl (C=O) groups is 2. The van der Waals surface area contributed by atoms with Gasteiger partial charge in [0.25, 0.3) is 0 Å². The van der Waals surface area contributed by atoms with E-state index in [1.54, 1.807) is 7.05 Å². The van der Waals surface area contributed by atoms with E-state index in [1.807, 2.05) is 30.3 Å². The number of anilines is 1. The fourth-order valence-electron chi connectivity index (χ4n) is 2.18. The summed E-state index contributed by atoms with van der Waals surface area (Å²) >= 11 is 0. The molecule has 0 aromatic heterocycles. The van der Waals surface area contributed by atoms with Gasteiger partial charge >= 0.3 is 0 Å². The van der Waals surface area contributed by atoms with Gasteiger partial charge in [-0.3, -0.25) is 9.59 Å². The molecule has 0 spiro atoms. The molecule has 1 aromatic carbocycles. The minimum Gasteiger partial charge on any atom is -0.335 e. The van der Waals surface area contributed by atoms with Crippen LogP contribution in [0.2, 0.25) is 0 Å². The number of hydrogen-bond acceptors (Lipinski definition) is 3. The second-order valence-corrected chi connectivity index (χ2v) is 4.76. The Labute approximate surface area is 125 Å². The predicted octanol–water partition coefficient (Wildman–Crippen LogP) is 1.26. The highest BCUT2D eigenvalue weighted by Gasteiger charge is 2.25. The van der Waals surface area contributed by atoms with E-state index in [4.69, 9.17) is 0 Å². The van der Waals surface area contributed by atoms with E-state index in [2.05, 4.69) is 10.6 Å². The van der Waals surface area contributed by atoms with Crippen molar-refractivity contribution < 1.29 is 9.59 Å². The van der Waals surface area contributed by atoms with E-state index < -0.39 is 0 Å². The number of halogens is 1. The minimum absolute atomic E-state index is 0. The van der Waals surface area contributed by atoms with Gasteiger partial charge in [0.2, 0.25) is 11.8 Å². The Hall–Kier alpha value is -1.59. The predicted molar refractivity (Wildman–Crippen MR) is 81.0 cm³/mol. The van der Waals surface area contributed by atoms with Crippen LogP contribution >= 0.6 is 12.4 Å². The van der Waals surface area contributed by atoms with Crippen LogP contribution in [0.4, 0.5) is 5.69 Å². The molecule has 1 saturated heterocycles. The van der Waals surface area contributed by atoms with Gasteiger partial charge in [0.15, 0.2) is 0 Å². The largest absolute Gasteiger partial charge is 0.335 e. The number of likely N-dealkylation sites (N-methyl/N-ethyl adjacent to an activating group) is 1. The molecule has 2 N–H and O–H groups in total. The minimum atomic E-state index is -0.181. The molecule has 0 bridgehead atoms. The summed E-state index contributed by atoms with van der Waals surface area (Å²) in [5.41, 5.74) is 0.743. The standard InChI is InChI=1S/C14H19N3O2.ClH/c1-17(14(19)12-8-5-9-15-12)10-13(18)16-11-6-3-2-4-7-11;/h2-4,6-7,12,15H,5,8-10H2,1H3,(H,16,18);1H. The van der Waals surface area contributed by atoms with Crippen molar-refractivity contribution in [1.29, 1.82) is 0 Å². The van der Waals surface area contributed by atoms with Gasteiger partial charge in [0, 0.05) is 12.7 Å². The highest BCUT2D eigenvalue weighted by molar-refractivity contribution is 5.95. The molecule has 1 fully saturated rings. The van der Waals surface area contributed by atoms with Gasteiger partial charge in [0.1, 0.15) is 0 Å². The van der Waals surface area contributed by atoms with Crippen LogP contribution < -0.4 is 10.6 Å². The molecule has 0 saturated carbocycles. The van der Waals surface area contributed by atoms with Crippen LogP contribution in [0.5, 0.6) is 0 Å². The van der Waals surface area contributed by atoms with Gasteiger partial charge in [-0.2, -0.15) is 0 Å². The lowest BCUT2D eigenvalue weighted by Crippen LogP contribution is -2.44. The SMILES string of the molecule is CN(CC(=O)Nc1ccccc1)C(=O)C1CCCN1.Cl. The third kappa shape index (κ3) is 4.51. The van der Waals surface area contributed by atoms with Gasteiger partial charge in [-0.25, -0.2) is 0 Å². The van der Waals surface area contributed by atoms with Crippen molar-refractivity contribution in [1.82, 2.24) is 10.2 Å². The van der Waals surface area contributed by atoms with Crippen LogP contribution in [0.15, 0.2) is 30.3 Å². The summed E-state index contributed by atoms with van der Waals surface area (Å²) < 4.78 is 0. The lowest BCUT2D eigenvalue weighted by atomic mass is 10.2. The summed E-state index contributed by atoms with van der Waals surface area (Å²) in [4.78, 5) is 25.3. The van der Waals surface area contributed by atoms with Crippen LogP contribution in [0.25, 0.3) is 0 Å². The second kappa shape index (κ2) is 7.87. The Balaban J connectivity index is 0.00000200. The molecule has 20 heavy (non-hydrogen) atoms. The molecular formula is C14H20ClN3O2. The highest BCUT2D eigenvalue weighted by Crippen LogP contribution is 2.08. The van der Waals surface area contributed by atoms with Crippen LogP contribution in [-0.4, -0.2) is 42.9 Å². The van der Waals surface area contributed by atoms with Gasteiger partial charge in [-0.1, -0.05) is 18.2 Å². The Kier molecular flexibility index (Phi) is 6.48. The highest BCUT2D eigenvalue weighted by atomic mass is 35.5. The van der Waals surface area contributed by atoms with Crippen molar-refractivity contribution in [2.75, 3.05) is 25.5 Å². The number of carbonyl (C=O) groups excluding carboxylic acids is 2. The lowest BCUT2D eigenvalue weighted by molar-refractivity contribution is -0.134. The van der Waals surface area contributed by atoms with Crippen molar-refractivity contribution >= 4 is 29.9 Å². The van der Waals surface area contributed by atoms with E-state index in [1.165, 1.54) is 4.90 Å². The monoisotopic (exact) mass is 297 g/mol. The average molecular weight is 298 g/mol. The fourth-order valence-corrected chi connectivity index (χ4v) is 2.18. The topological polar surface area (TPSA) is 61.4 Å². The third-order valence-electron chi connectivity index (χ3n) is 3.17. The number of hydrogen-bond donors (Lipinski definition) is 2. The van der Waals surface area contributed by atoms with E-state index in [-0.39, 0.29) is 36.8 Å². The van der Waals surface area contributed by atoms with Crippen LogP contribution in [0.3, 0.4) is 0 Å². The normalized spacial score (nSPS) is 17.1. The Morgan fingerprint density at radius 2 is 2.05 bits per heavy atom. The molecule has 2 rings (SSSR count). The van der Waals surface area contributed by atoms with Crippen molar-refractivity contribution in [2.24, 2.45) is 0 Å². The van der Waals surface area contributed by atoms with Crippen LogP contribution in [-0.2, 0) is 9.59 Å². The second-order valence-electron chi connectivity index (χ2n) is 4.76. The first-order chi connectivity index (χ1) is 9.16. The van der Waals surface area contributed by atoms with E-state index in [9.17, 15) is 9.59 Å². The van der Waals surface area contributed by atoms with Crippen molar-refractivity contribution in [3.8, 4) is 0 Å². The van der Waals surface area contributed by atoms with Gasteiger partial charge in [0.05, 0.1) is 12.6 Å². The first-order valence-corrected chi connectivity index (χ1v) is 6.50. The molecule has 1 aromatic rings. The summed E-state index contributed by atoms with van der Waals surface area (Å²) in [6.07, 6.45) is 1.87. The van der Waals surface area contributed by atoms with E-state index >= 15 is 0 Å². The Morgan fingerprint density at radius 3 is 2.65 bits per heavy atom. The first-order valence-electron chi connectivity index (χ1n) is 6.50. The van der Waals surface area contributed by atoms with Crippen molar-refractivity contribution in [3.05, 3.63) is 30.3 Å². The summed E-state index contributed by atoms with van der Waals surface area (Å²) in [5.74, 6) is -0.194. The number of benzene rings is 1. The van der Waals surface area contributed by atoms with Crippen molar-refractivity contribution in [3.63, 3.8) is 0 Å². The van der Waals surface area contributed by atoms with Crippen molar-refractivity contribution in [2.45, 2.75) is 18.9 Å². The summed E-state index contributed by atoms with van der Waals surface area (Å²) in [5, 5.41) is 5.90. The summed E-state index contributed by atoms with van der Waals surface area (Å²) in [6.45, 7) is 0.951. The molecule has 1 aliphatic heterocycles. The Bertz CT molecular complexity index is 447. The fraction of sp³-hybridized carbons (Fsp3) is 0.429. The molecule has 1 aliphatic rings. The number of nitrogens with one attached hydrogen (secondary N) is 2. The van der Waals surface area contributed by atoms with E-state index in [0.717, 1.165) is 25.1 Å². The zero-order valence-corrected chi connectivity index (χ0v) is 12.3. The van der Waals surface area contributed by atoms with Gasteiger partial charge in [-0.15, -0.1) is 12.4 Å². The lowest BCUT2D eigenvalue weighted by Gasteiger charge is -2.20. The summed E-state index contributed by atoms with van der Waals surface area (Å²) in [6, 6.07) is 9.10. The Morgan fingerprint density at radius 1 is 1.35 bits per heavy atom. The van der Waals surface area contributed by atoms with Crippen LogP contribution in [0, 0.1) is 0 Å². The first kappa shape index (κ1) is 16.5. The number of rotatable bonds is 4. The molecule has 6 heteroatoms. The van der Waals surface area contributed by atoms with Gasteiger partial charge < -0.3 is 15.5 Å². The molecule has 1 atom stereocenters. The molecule has 1 unspecified atom stereocenters. The molecular weight excluding hydrogens is 278 g/mol. The zero-order valence-electron chi connectivity index (χ0n) is 11.5. The smallest absolute Gasteiger partial charge is 0.243 e. The molecule has 1 heterocycles. The maximum atomic E-state index is 12.0. The maximum absolute atomic E-state index is 12.0. The average Bonchev–Trinajstić information content (AvgIpc) is 2.92. The molecule has 2 amide bonds. The van der Waals surface area contributed by atoms with Gasteiger partial charge in [-0.05, 0) is 31.5 Å². The third-order valence-corrected chi connectivity index (χ3v) is 3.17. The number of para-hydroxylation sites is 1. The quantitative estimate of drug-likeness (QED) is 0.879. The molecule has 110 valence electrons. The maximum Gasteiger partial charge on any atom is 0.243 e. The summed E-state index contributed by atoms with van der Waals surface area (Å²) in [7, 11) is 1.66. The number of nitrogens with zero attached hydrogens (tertiary/aromatic N) is 1. The molecule has 5 nitrogen and oxygen atoms in total. The zero-order chi connectivity index (χ0) is 13.7. The number of amides is 2.